The maximum atomic E-state index is 5.61. The quantitative estimate of drug-likeness (QED) is 0.788. The van der Waals surface area contributed by atoms with Gasteiger partial charge < -0.3 is 10.3 Å². The molecule has 94 valence electrons. The van der Waals surface area contributed by atoms with Crippen molar-refractivity contribution in [3.8, 4) is 0 Å². The number of benzene rings is 1. The van der Waals surface area contributed by atoms with Gasteiger partial charge in [-0.3, -0.25) is 4.98 Å². The molecule has 1 aromatic carbocycles. The molecule has 3 rings (SSSR count). The molecule has 18 heavy (non-hydrogen) atoms. The molecule has 2 heterocycles. The fourth-order valence-corrected chi connectivity index (χ4v) is 2.39. The summed E-state index contributed by atoms with van der Waals surface area (Å²) in [4.78, 5) is 4.22. The minimum Gasteiger partial charge on any atom is -0.340 e. The van der Waals surface area contributed by atoms with E-state index in [4.69, 9.17) is 5.73 Å². The van der Waals surface area contributed by atoms with Crippen LogP contribution >= 0.6 is 12.4 Å². The monoisotopic (exact) mass is 261 g/mol. The highest BCUT2D eigenvalue weighted by Crippen LogP contribution is 2.27. The Morgan fingerprint density at radius 3 is 2.67 bits per heavy atom. The Balaban J connectivity index is 0.00000120. The van der Waals surface area contributed by atoms with Crippen LogP contribution in [-0.2, 0) is 6.54 Å². The normalized spacial score (nSPS) is 10.7. The van der Waals surface area contributed by atoms with E-state index in [-0.39, 0.29) is 12.4 Å². The minimum atomic E-state index is 0. The van der Waals surface area contributed by atoms with E-state index in [1.807, 2.05) is 12.4 Å². The van der Waals surface area contributed by atoms with Gasteiger partial charge in [-0.2, -0.15) is 0 Å². The van der Waals surface area contributed by atoms with Gasteiger partial charge in [0.25, 0.3) is 0 Å². The number of halogens is 1. The van der Waals surface area contributed by atoms with E-state index < -0.39 is 0 Å². The Morgan fingerprint density at radius 1 is 1.06 bits per heavy atom. The summed E-state index contributed by atoms with van der Waals surface area (Å²) in [6.07, 6.45) is 4.78. The molecular weight excluding hydrogens is 246 g/mol. The zero-order valence-electron chi connectivity index (χ0n) is 10.0. The van der Waals surface area contributed by atoms with Crippen molar-refractivity contribution in [2.75, 3.05) is 6.54 Å². The molecule has 3 nitrogen and oxygen atoms in total. The largest absolute Gasteiger partial charge is 0.340 e. The molecule has 0 fully saturated rings. The van der Waals surface area contributed by atoms with Gasteiger partial charge in [-0.25, -0.2) is 0 Å². The first-order valence-corrected chi connectivity index (χ1v) is 5.93. The summed E-state index contributed by atoms with van der Waals surface area (Å²) in [6, 6.07) is 10.5. The molecule has 2 N–H and O–H groups in total. The Morgan fingerprint density at radius 2 is 1.83 bits per heavy atom. The third-order valence-electron chi connectivity index (χ3n) is 3.16. The molecule has 0 saturated heterocycles. The van der Waals surface area contributed by atoms with Crippen molar-refractivity contribution >= 4 is 34.2 Å². The van der Waals surface area contributed by atoms with Crippen LogP contribution in [0.2, 0.25) is 0 Å². The Labute approximate surface area is 112 Å². The number of nitrogens with zero attached hydrogens (tertiary/aromatic N) is 2. The van der Waals surface area contributed by atoms with Crippen LogP contribution in [0.1, 0.15) is 6.42 Å². The van der Waals surface area contributed by atoms with E-state index in [0.29, 0.717) is 0 Å². The first-order chi connectivity index (χ1) is 8.42. The van der Waals surface area contributed by atoms with Crippen molar-refractivity contribution in [3.63, 3.8) is 0 Å². The first-order valence-electron chi connectivity index (χ1n) is 5.93. The van der Waals surface area contributed by atoms with Crippen LogP contribution in [-0.4, -0.2) is 16.1 Å². The van der Waals surface area contributed by atoms with Gasteiger partial charge in [-0.1, -0.05) is 18.2 Å². The second-order valence-corrected chi connectivity index (χ2v) is 4.20. The number of nitrogens with two attached hydrogens (primary N) is 1. The summed E-state index contributed by atoms with van der Waals surface area (Å²) in [5.41, 5.74) is 8.12. The third-order valence-corrected chi connectivity index (χ3v) is 3.16. The zero-order valence-corrected chi connectivity index (χ0v) is 10.9. The van der Waals surface area contributed by atoms with Crippen molar-refractivity contribution in [2.45, 2.75) is 13.0 Å². The summed E-state index contributed by atoms with van der Waals surface area (Å²) < 4.78 is 2.33. The van der Waals surface area contributed by atoms with Gasteiger partial charge in [0, 0.05) is 35.2 Å². The van der Waals surface area contributed by atoms with Crippen LogP contribution in [0.3, 0.4) is 0 Å². The van der Waals surface area contributed by atoms with Gasteiger partial charge in [0.1, 0.15) is 0 Å². The molecule has 0 aliphatic heterocycles. The van der Waals surface area contributed by atoms with E-state index >= 15 is 0 Å². The lowest BCUT2D eigenvalue weighted by atomic mass is 10.2. The molecule has 0 bridgehead atoms. The highest BCUT2D eigenvalue weighted by molar-refractivity contribution is 6.07. The highest BCUT2D eigenvalue weighted by atomic mass is 35.5. The molecule has 0 atom stereocenters. The van der Waals surface area contributed by atoms with Gasteiger partial charge in [0.05, 0.1) is 5.52 Å². The number of hydrogen-bond donors (Lipinski definition) is 1. The maximum Gasteiger partial charge on any atom is 0.0522 e. The van der Waals surface area contributed by atoms with Gasteiger partial charge in [0.2, 0.25) is 0 Å². The zero-order chi connectivity index (χ0) is 11.7. The smallest absolute Gasteiger partial charge is 0.0522 e. The number of fused-ring (bicyclic) bond motifs is 3. The molecule has 0 unspecified atom stereocenters. The molecule has 0 aliphatic carbocycles. The number of pyridine rings is 1. The highest BCUT2D eigenvalue weighted by Gasteiger charge is 2.08. The van der Waals surface area contributed by atoms with Crippen LogP contribution < -0.4 is 5.73 Å². The van der Waals surface area contributed by atoms with E-state index in [1.165, 1.54) is 21.8 Å². The average Bonchev–Trinajstić information content (AvgIpc) is 2.71. The Bertz CT molecular complexity index is 607. The molecule has 0 radical (unpaired) electrons. The van der Waals surface area contributed by atoms with Crippen molar-refractivity contribution in [2.24, 2.45) is 5.73 Å². The Hall–Kier alpha value is -1.58. The van der Waals surface area contributed by atoms with E-state index in [2.05, 4.69) is 39.9 Å². The second kappa shape index (κ2) is 5.38. The standard InChI is InChI=1S/C14H15N3.ClH/c15-7-3-9-17-13-5-2-1-4-11(13)12-10-16-8-6-14(12)17;/h1-2,4-6,8,10H,3,7,9,15H2;1H. The first kappa shape index (κ1) is 12.9. The fraction of sp³-hybridized carbons (Fsp3) is 0.214. The predicted molar refractivity (Wildman–Crippen MR) is 78.2 cm³/mol. The molecule has 4 heteroatoms. The lowest BCUT2D eigenvalue weighted by Crippen LogP contribution is -2.05. The Kier molecular flexibility index (Phi) is 3.84. The molecular formula is C14H16ClN3. The summed E-state index contributed by atoms with van der Waals surface area (Å²) in [5.74, 6) is 0. The summed E-state index contributed by atoms with van der Waals surface area (Å²) in [5, 5.41) is 2.49. The van der Waals surface area contributed by atoms with Gasteiger partial charge in [-0.15, -0.1) is 12.4 Å². The average molecular weight is 262 g/mol. The molecule has 0 aliphatic rings. The van der Waals surface area contributed by atoms with E-state index in [0.717, 1.165) is 19.5 Å². The van der Waals surface area contributed by atoms with Crippen LogP contribution in [0.5, 0.6) is 0 Å². The van der Waals surface area contributed by atoms with Crippen molar-refractivity contribution in [1.82, 2.24) is 9.55 Å². The van der Waals surface area contributed by atoms with Gasteiger partial charge >= 0.3 is 0 Å². The van der Waals surface area contributed by atoms with Crippen molar-refractivity contribution < 1.29 is 0 Å². The molecule has 2 aromatic heterocycles. The van der Waals surface area contributed by atoms with Gasteiger partial charge in [0.15, 0.2) is 0 Å². The topological polar surface area (TPSA) is 43.8 Å². The van der Waals surface area contributed by atoms with Gasteiger partial charge in [-0.05, 0) is 25.1 Å². The van der Waals surface area contributed by atoms with Crippen molar-refractivity contribution in [3.05, 3.63) is 42.7 Å². The maximum absolute atomic E-state index is 5.61. The summed E-state index contributed by atoms with van der Waals surface area (Å²) in [7, 11) is 0. The second-order valence-electron chi connectivity index (χ2n) is 4.20. The van der Waals surface area contributed by atoms with Crippen LogP contribution in [0.25, 0.3) is 21.8 Å². The fourth-order valence-electron chi connectivity index (χ4n) is 2.39. The molecule has 0 amide bonds. The van der Waals surface area contributed by atoms with E-state index in [9.17, 15) is 0 Å². The number of para-hydroxylation sites is 1. The number of rotatable bonds is 3. The van der Waals surface area contributed by atoms with E-state index in [1.54, 1.807) is 0 Å². The number of aromatic nitrogens is 2. The summed E-state index contributed by atoms with van der Waals surface area (Å²) >= 11 is 0. The van der Waals surface area contributed by atoms with Crippen LogP contribution in [0.15, 0.2) is 42.7 Å². The lowest BCUT2D eigenvalue weighted by Gasteiger charge is -2.05. The summed E-state index contributed by atoms with van der Waals surface area (Å²) in [6.45, 7) is 1.68. The molecule has 0 spiro atoms. The number of aryl methyl sites for hydroxylation is 1. The third kappa shape index (κ3) is 1.96. The molecule has 0 saturated carbocycles. The lowest BCUT2D eigenvalue weighted by molar-refractivity contribution is 0.687. The van der Waals surface area contributed by atoms with Crippen LogP contribution in [0, 0.1) is 0 Å². The van der Waals surface area contributed by atoms with Crippen molar-refractivity contribution in [1.29, 1.82) is 0 Å². The predicted octanol–water partition coefficient (Wildman–Crippen LogP) is 2.96. The number of hydrogen-bond acceptors (Lipinski definition) is 2. The molecule has 3 aromatic rings. The minimum absolute atomic E-state index is 0. The SMILES string of the molecule is Cl.NCCCn1c2ccccc2c2cnccc21. The van der Waals surface area contributed by atoms with Crippen LogP contribution in [0.4, 0.5) is 0 Å².